The average molecular weight is 370 g/mol. The van der Waals surface area contributed by atoms with Gasteiger partial charge in [-0.1, -0.05) is 0 Å². The van der Waals surface area contributed by atoms with Crippen molar-refractivity contribution in [2.24, 2.45) is 0 Å². The summed E-state index contributed by atoms with van der Waals surface area (Å²) in [5.74, 6) is 1.86. The first-order valence-corrected chi connectivity index (χ1v) is 8.96. The second-order valence-electron chi connectivity index (χ2n) is 6.56. The molecule has 1 atom stereocenters. The van der Waals surface area contributed by atoms with E-state index in [1.807, 2.05) is 32.0 Å². The Morgan fingerprint density at radius 2 is 2.07 bits per heavy atom. The molecule has 1 amide bonds. The number of carbonyl (C=O) groups is 1. The van der Waals surface area contributed by atoms with E-state index in [2.05, 4.69) is 25.3 Å². The van der Waals surface area contributed by atoms with Crippen LogP contribution in [-0.2, 0) is 4.74 Å². The van der Waals surface area contributed by atoms with Gasteiger partial charge in [-0.05, 0) is 32.0 Å². The number of fused-ring (bicyclic) bond motifs is 1. The zero-order chi connectivity index (χ0) is 18.8. The summed E-state index contributed by atoms with van der Waals surface area (Å²) in [7, 11) is 0. The van der Waals surface area contributed by atoms with Crippen molar-refractivity contribution in [1.29, 1.82) is 0 Å². The number of nitrogens with one attached hydrogen (secondary N) is 1. The molecule has 9 nitrogen and oxygen atoms in total. The van der Waals surface area contributed by atoms with E-state index in [-0.39, 0.29) is 17.8 Å². The van der Waals surface area contributed by atoms with Crippen LogP contribution in [0.1, 0.15) is 33.9 Å². The highest BCUT2D eigenvalue weighted by Gasteiger charge is 2.26. The lowest BCUT2D eigenvalue weighted by Crippen LogP contribution is -2.43. The minimum atomic E-state index is -0.332. The summed E-state index contributed by atoms with van der Waals surface area (Å²) in [4.78, 5) is 23.2. The van der Waals surface area contributed by atoms with Gasteiger partial charge in [0, 0.05) is 31.5 Å². The Morgan fingerprint density at radius 3 is 2.78 bits per heavy atom. The molecule has 0 spiro atoms. The predicted molar refractivity (Wildman–Crippen MR) is 96.4 cm³/mol. The molecule has 0 aromatic carbocycles. The Labute approximate surface area is 156 Å². The number of furan rings is 1. The number of hydrogen-bond donors (Lipinski definition) is 1. The normalized spacial score (nSPS) is 16.5. The van der Waals surface area contributed by atoms with Gasteiger partial charge < -0.3 is 14.5 Å². The standard InChI is InChI=1S/C18H22N6O3/c1-12-5-6-19-18-21-16(22-24(12)18)17(25)20-11-14(15-4-3-13(2)27-15)23-7-9-26-10-8-23/h3-6,14H,7-11H2,1-2H3,(H,20,25). The molecule has 1 saturated heterocycles. The van der Waals surface area contributed by atoms with Crippen LogP contribution in [0.5, 0.6) is 0 Å². The van der Waals surface area contributed by atoms with Crippen LogP contribution in [0.15, 0.2) is 28.8 Å². The molecule has 1 N–H and O–H groups in total. The zero-order valence-corrected chi connectivity index (χ0v) is 15.4. The van der Waals surface area contributed by atoms with Gasteiger partial charge in [0.05, 0.1) is 19.3 Å². The van der Waals surface area contributed by atoms with Crippen molar-refractivity contribution in [1.82, 2.24) is 29.8 Å². The maximum absolute atomic E-state index is 12.6. The van der Waals surface area contributed by atoms with E-state index in [9.17, 15) is 4.79 Å². The van der Waals surface area contributed by atoms with Crippen LogP contribution >= 0.6 is 0 Å². The molecule has 1 aliphatic rings. The number of amides is 1. The summed E-state index contributed by atoms with van der Waals surface area (Å²) in [6.07, 6.45) is 1.65. The van der Waals surface area contributed by atoms with Gasteiger partial charge in [0.2, 0.25) is 5.82 Å². The summed E-state index contributed by atoms with van der Waals surface area (Å²) < 4.78 is 12.8. The van der Waals surface area contributed by atoms with Gasteiger partial charge in [-0.3, -0.25) is 9.69 Å². The second kappa shape index (κ2) is 7.45. The molecule has 3 aromatic heterocycles. The van der Waals surface area contributed by atoms with Crippen molar-refractivity contribution in [3.05, 3.63) is 47.4 Å². The Kier molecular flexibility index (Phi) is 4.87. The Morgan fingerprint density at radius 1 is 1.26 bits per heavy atom. The van der Waals surface area contributed by atoms with Crippen LogP contribution < -0.4 is 5.32 Å². The molecular weight excluding hydrogens is 348 g/mol. The first kappa shape index (κ1) is 17.6. The Bertz CT molecular complexity index is 944. The summed E-state index contributed by atoms with van der Waals surface area (Å²) >= 11 is 0. The van der Waals surface area contributed by atoms with Crippen LogP contribution in [0.2, 0.25) is 0 Å². The lowest BCUT2D eigenvalue weighted by Gasteiger charge is -2.33. The molecule has 4 rings (SSSR count). The third-order valence-corrected chi connectivity index (χ3v) is 4.66. The van der Waals surface area contributed by atoms with E-state index in [1.54, 1.807) is 10.7 Å². The number of rotatable bonds is 5. The van der Waals surface area contributed by atoms with Gasteiger partial charge >= 0.3 is 0 Å². The molecular formula is C18H22N6O3. The van der Waals surface area contributed by atoms with Crippen molar-refractivity contribution in [3.8, 4) is 0 Å². The number of morpholine rings is 1. The number of ether oxygens (including phenoxy) is 1. The van der Waals surface area contributed by atoms with Crippen molar-refractivity contribution >= 4 is 11.7 Å². The lowest BCUT2D eigenvalue weighted by atomic mass is 10.1. The van der Waals surface area contributed by atoms with Crippen LogP contribution in [0.25, 0.3) is 5.78 Å². The number of carbonyl (C=O) groups excluding carboxylic acids is 1. The van der Waals surface area contributed by atoms with Gasteiger partial charge in [-0.15, -0.1) is 5.10 Å². The summed E-state index contributed by atoms with van der Waals surface area (Å²) in [5, 5.41) is 7.19. The summed E-state index contributed by atoms with van der Waals surface area (Å²) in [5.41, 5.74) is 0.865. The fourth-order valence-corrected chi connectivity index (χ4v) is 3.20. The molecule has 0 aliphatic carbocycles. The molecule has 1 aliphatic heterocycles. The van der Waals surface area contributed by atoms with E-state index >= 15 is 0 Å². The average Bonchev–Trinajstić information content (AvgIpc) is 3.30. The maximum Gasteiger partial charge on any atom is 0.291 e. The third-order valence-electron chi connectivity index (χ3n) is 4.66. The predicted octanol–water partition coefficient (Wildman–Crippen LogP) is 1.14. The van der Waals surface area contributed by atoms with E-state index in [0.717, 1.165) is 30.3 Å². The quantitative estimate of drug-likeness (QED) is 0.719. The molecule has 1 fully saturated rings. The molecule has 0 radical (unpaired) electrons. The van der Waals surface area contributed by atoms with Crippen molar-refractivity contribution in [2.45, 2.75) is 19.9 Å². The van der Waals surface area contributed by atoms with Crippen LogP contribution in [-0.4, -0.2) is 63.2 Å². The number of aryl methyl sites for hydroxylation is 2. The molecule has 9 heteroatoms. The van der Waals surface area contributed by atoms with Gasteiger partial charge in [-0.2, -0.15) is 4.98 Å². The minimum absolute atomic E-state index is 0.0663. The fourth-order valence-electron chi connectivity index (χ4n) is 3.20. The SMILES string of the molecule is Cc1ccc(C(CNC(=O)c2nc3nccc(C)n3n2)N2CCOCC2)o1. The molecule has 0 bridgehead atoms. The molecule has 0 saturated carbocycles. The summed E-state index contributed by atoms with van der Waals surface area (Å²) in [6.45, 7) is 7.11. The number of aromatic nitrogens is 4. The van der Waals surface area contributed by atoms with E-state index in [0.29, 0.717) is 25.5 Å². The highest BCUT2D eigenvalue weighted by molar-refractivity contribution is 5.90. The third kappa shape index (κ3) is 3.69. The fraction of sp³-hybridized carbons (Fsp3) is 0.444. The second-order valence-corrected chi connectivity index (χ2v) is 6.56. The molecule has 142 valence electrons. The lowest BCUT2D eigenvalue weighted by molar-refractivity contribution is 0.0116. The van der Waals surface area contributed by atoms with Gasteiger partial charge in [0.25, 0.3) is 11.7 Å². The number of nitrogens with zero attached hydrogens (tertiary/aromatic N) is 5. The van der Waals surface area contributed by atoms with Crippen LogP contribution in [0.3, 0.4) is 0 Å². The first-order valence-electron chi connectivity index (χ1n) is 8.96. The minimum Gasteiger partial charge on any atom is -0.465 e. The van der Waals surface area contributed by atoms with E-state index < -0.39 is 0 Å². The topological polar surface area (TPSA) is 97.8 Å². The highest BCUT2D eigenvalue weighted by Crippen LogP contribution is 2.23. The van der Waals surface area contributed by atoms with E-state index in [4.69, 9.17) is 9.15 Å². The molecule has 3 aromatic rings. The van der Waals surface area contributed by atoms with Crippen LogP contribution in [0.4, 0.5) is 0 Å². The largest absolute Gasteiger partial charge is 0.465 e. The van der Waals surface area contributed by atoms with Crippen molar-refractivity contribution in [2.75, 3.05) is 32.8 Å². The Hall–Kier alpha value is -2.78. The number of hydrogen-bond acceptors (Lipinski definition) is 7. The van der Waals surface area contributed by atoms with Crippen molar-refractivity contribution in [3.63, 3.8) is 0 Å². The van der Waals surface area contributed by atoms with E-state index in [1.165, 1.54) is 0 Å². The molecule has 27 heavy (non-hydrogen) atoms. The molecule has 1 unspecified atom stereocenters. The van der Waals surface area contributed by atoms with Gasteiger partial charge in [0.15, 0.2) is 0 Å². The monoisotopic (exact) mass is 370 g/mol. The first-order chi connectivity index (χ1) is 13.1. The van der Waals surface area contributed by atoms with Gasteiger partial charge in [-0.25, -0.2) is 9.50 Å². The Balaban J connectivity index is 1.50. The van der Waals surface area contributed by atoms with Crippen LogP contribution in [0, 0.1) is 13.8 Å². The van der Waals surface area contributed by atoms with Crippen molar-refractivity contribution < 1.29 is 13.9 Å². The highest BCUT2D eigenvalue weighted by atomic mass is 16.5. The smallest absolute Gasteiger partial charge is 0.291 e. The zero-order valence-electron chi connectivity index (χ0n) is 15.4. The molecule has 4 heterocycles. The summed E-state index contributed by atoms with van der Waals surface area (Å²) in [6, 6.07) is 5.64. The van der Waals surface area contributed by atoms with Gasteiger partial charge in [0.1, 0.15) is 11.5 Å². The maximum atomic E-state index is 12.6.